The predicted octanol–water partition coefficient (Wildman–Crippen LogP) is 4.38. The number of anilines is 1. The van der Waals surface area contributed by atoms with E-state index in [2.05, 4.69) is 67.0 Å². The van der Waals surface area contributed by atoms with E-state index in [4.69, 9.17) is 4.74 Å². The number of aliphatic hydroxyl groups is 3. The Balaban J connectivity index is 1.21. The van der Waals surface area contributed by atoms with Crippen molar-refractivity contribution in [2.45, 2.75) is 97.7 Å². The third-order valence-corrected chi connectivity index (χ3v) is 9.78. The van der Waals surface area contributed by atoms with Crippen molar-refractivity contribution in [1.82, 2.24) is 19.5 Å². The highest BCUT2D eigenvalue weighted by Crippen LogP contribution is 2.55. The largest absolute Gasteiger partial charge is 0.394 e. The number of nitrogens with zero attached hydrogens (tertiary/aromatic N) is 4. The standard InChI is InChI=1S/C30H45N5O4/c1-18(8-11-30(5)14-20-7-6-10-29(3,4)21(20)13-19(30)2)9-12-31-26-23-27(33-16-32-26)35(17-34-23)28-25(38)24(37)22(15-36)39-28/h9,13,16-17,19-20,22,24-25,28,36-38H,6-8,10-12,14-15H2,1-5H3,(H,31,32,33)/b18-9+/t19-,20-,22+,24+,25+,28+,30-/m0/s1. The van der Waals surface area contributed by atoms with Crippen molar-refractivity contribution in [1.29, 1.82) is 0 Å². The van der Waals surface area contributed by atoms with Crippen LogP contribution < -0.4 is 5.32 Å². The van der Waals surface area contributed by atoms with E-state index in [1.54, 1.807) is 10.1 Å². The van der Waals surface area contributed by atoms with Crippen molar-refractivity contribution in [3.63, 3.8) is 0 Å². The fraction of sp³-hybridized carbons (Fsp3) is 0.700. The van der Waals surface area contributed by atoms with Crippen LogP contribution in [-0.2, 0) is 4.74 Å². The Hall–Kier alpha value is -2.33. The summed E-state index contributed by atoms with van der Waals surface area (Å²) in [6.07, 6.45) is 11.2. The van der Waals surface area contributed by atoms with Crippen LogP contribution in [-0.4, -0.2) is 66.3 Å². The van der Waals surface area contributed by atoms with Gasteiger partial charge in [0.25, 0.3) is 0 Å². The Bertz CT molecular complexity index is 1240. The Kier molecular flexibility index (Phi) is 7.90. The lowest BCUT2D eigenvalue weighted by Gasteiger charge is -2.49. The topological polar surface area (TPSA) is 126 Å². The quantitative estimate of drug-likeness (QED) is 0.364. The van der Waals surface area contributed by atoms with Gasteiger partial charge in [0.05, 0.1) is 12.9 Å². The highest BCUT2D eigenvalue weighted by molar-refractivity contribution is 5.82. The van der Waals surface area contributed by atoms with Gasteiger partial charge in [0.1, 0.15) is 24.6 Å². The first kappa shape index (κ1) is 28.2. The molecule has 0 amide bonds. The first-order chi connectivity index (χ1) is 18.5. The van der Waals surface area contributed by atoms with Crippen LogP contribution in [0.5, 0.6) is 0 Å². The molecule has 3 aliphatic rings. The Morgan fingerprint density at radius 1 is 1.21 bits per heavy atom. The zero-order chi connectivity index (χ0) is 27.9. The number of aliphatic hydroxyl groups excluding tert-OH is 3. The number of ether oxygens (including phenoxy) is 1. The molecular weight excluding hydrogens is 494 g/mol. The van der Waals surface area contributed by atoms with Gasteiger partial charge in [-0.2, -0.15) is 0 Å². The summed E-state index contributed by atoms with van der Waals surface area (Å²) in [5.41, 5.74) is 4.80. The number of aromatic nitrogens is 4. The zero-order valence-electron chi connectivity index (χ0n) is 24.0. The number of hydrogen-bond donors (Lipinski definition) is 4. The lowest BCUT2D eigenvalue weighted by atomic mass is 9.56. The van der Waals surface area contributed by atoms with Crippen molar-refractivity contribution in [2.75, 3.05) is 18.5 Å². The highest BCUT2D eigenvalue weighted by atomic mass is 16.6. The van der Waals surface area contributed by atoms with Crippen molar-refractivity contribution in [2.24, 2.45) is 22.7 Å². The molecule has 9 nitrogen and oxygen atoms in total. The minimum absolute atomic E-state index is 0.325. The summed E-state index contributed by atoms with van der Waals surface area (Å²) in [5, 5.41) is 33.3. The summed E-state index contributed by atoms with van der Waals surface area (Å²) in [6.45, 7) is 12.2. The van der Waals surface area contributed by atoms with Gasteiger partial charge in [-0.05, 0) is 61.7 Å². The van der Waals surface area contributed by atoms with E-state index in [0.717, 1.165) is 12.3 Å². The average molecular weight is 540 g/mol. The molecule has 7 atom stereocenters. The molecule has 1 aliphatic heterocycles. The zero-order valence-corrected chi connectivity index (χ0v) is 24.0. The minimum atomic E-state index is -1.20. The number of allylic oxidation sites excluding steroid dienone is 3. The van der Waals surface area contributed by atoms with Crippen LogP contribution in [0.2, 0.25) is 0 Å². The van der Waals surface area contributed by atoms with Crippen molar-refractivity contribution in [3.8, 4) is 0 Å². The number of fused-ring (bicyclic) bond motifs is 2. The van der Waals surface area contributed by atoms with E-state index in [1.165, 1.54) is 50.3 Å². The van der Waals surface area contributed by atoms with Gasteiger partial charge < -0.3 is 25.4 Å². The van der Waals surface area contributed by atoms with Gasteiger partial charge in [-0.1, -0.05) is 57.4 Å². The van der Waals surface area contributed by atoms with Crippen LogP contribution in [0, 0.1) is 22.7 Å². The summed E-state index contributed by atoms with van der Waals surface area (Å²) in [7, 11) is 0. The molecule has 0 aromatic carbocycles. The molecule has 5 rings (SSSR count). The van der Waals surface area contributed by atoms with E-state index in [-0.39, 0.29) is 6.61 Å². The second-order valence-electron chi connectivity index (χ2n) is 12.9. The molecule has 1 saturated heterocycles. The van der Waals surface area contributed by atoms with Gasteiger partial charge in [-0.3, -0.25) is 4.57 Å². The average Bonchev–Trinajstić information content (AvgIpc) is 3.45. The van der Waals surface area contributed by atoms with Crippen LogP contribution >= 0.6 is 0 Å². The van der Waals surface area contributed by atoms with Crippen LogP contribution in [0.25, 0.3) is 11.2 Å². The SMILES string of the molecule is C/C(=C\CNc1ncnc2c1ncn2[C@@H]1O[C@H](CO)[C@@H](O)[C@H]1O)CC[C@@]1(C)C[C@@H]2CCCC(C)(C)C2=C[C@@H]1C. The maximum Gasteiger partial charge on any atom is 0.167 e. The molecule has 3 heterocycles. The summed E-state index contributed by atoms with van der Waals surface area (Å²) in [5.74, 6) is 1.93. The maximum absolute atomic E-state index is 10.4. The van der Waals surface area contributed by atoms with E-state index in [1.807, 2.05) is 0 Å². The molecule has 2 aromatic rings. The fourth-order valence-electron chi connectivity index (χ4n) is 6.95. The van der Waals surface area contributed by atoms with Crippen molar-refractivity contribution in [3.05, 3.63) is 36.0 Å². The van der Waals surface area contributed by atoms with Gasteiger partial charge in [-0.25, -0.2) is 15.0 Å². The summed E-state index contributed by atoms with van der Waals surface area (Å²) >= 11 is 0. The van der Waals surface area contributed by atoms with E-state index in [0.29, 0.717) is 40.3 Å². The molecule has 4 N–H and O–H groups in total. The number of imidazole rings is 1. The molecule has 2 aromatic heterocycles. The predicted molar refractivity (Wildman–Crippen MR) is 151 cm³/mol. The number of rotatable bonds is 8. The van der Waals surface area contributed by atoms with E-state index >= 15 is 0 Å². The monoisotopic (exact) mass is 539 g/mol. The maximum atomic E-state index is 10.4. The number of hydrogen-bond acceptors (Lipinski definition) is 8. The van der Waals surface area contributed by atoms with Gasteiger partial charge in [-0.15, -0.1) is 0 Å². The summed E-state index contributed by atoms with van der Waals surface area (Å²) in [6, 6.07) is 0. The molecule has 39 heavy (non-hydrogen) atoms. The third kappa shape index (κ3) is 5.38. The van der Waals surface area contributed by atoms with Crippen LogP contribution in [0.3, 0.4) is 0 Å². The smallest absolute Gasteiger partial charge is 0.167 e. The summed E-state index contributed by atoms with van der Waals surface area (Å²) < 4.78 is 7.23. The molecule has 0 bridgehead atoms. The van der Waals surface area contributed by atoms with E-state index < -0.39 is 24.5 Å². The van der Waals surface area contributed by atoms with Crippen LogP contribution in [0.1, 0.15) is 79.4 Å². The second-order valence-corrected chi connectivity index (χ2v) is 12.9. The molecule has 9 heteroatoms. The van der Waals surface area contributed by atoms with Gasteiger partial charge in [0.2, 0.25) is 0 Å². The van der Waals surface area contributed by atoms with Gasteiger partial charge in [0, 0.05) is 6.54 Å². The van der Waals surface area contributed by atoms with Gasteiger partial charge >= 0.3 is 0 Å². The molecular formula is C30H45N5O4. The van der Waals surface area contributed by atoms with Crippen molar-refractivity contribution >= 4 is 17.0 Å². The molecule has 2 aliphatic carbocycles. The normalized spacial score (nSPS) is 34.7. The number of nitrogens with one attached hydrogen (secondary N) is 1. The minimum Gasteiger partial charge on any atom is -0.394 e. The Labute approximate surface area is 231 Å². The Morgan fingerprint density at radius 2 is 2.00 bits per heavy atom. The molecule has 0 radical (unpaired) electrons. The molecule has 2 fully saturated rings. The first-order valence-electron chi connectivity index (χ1n) is 14.5. The first-order valence-corrected chi connectivity index (χ1v) is 14.5. The molecule has 0 spiro atoms. The van der Waals surface area contributed by atoms with E-state index in [9.17, 15) is 15.3 Å². The highest BCUT2D eigenvalue weighted by Gasteiger charge is 2.45. The molecule has 1 saturated carbocycles. The molecule has 0 unspecified atom stereocenters. The van der Waals surface area contributed by atoms with Gasteiger partial charge in [0.15, 0.2) is 23.2 Å². The lowest BCUT2D eigenvalue weighted by Crippen LogP contribution is -2.38. The Morgan fingerprint density at radius 3 is 2.74 bits per heavy atom. The fourth-order valence-corrected chi connectivity index (χ4v) is 6.95. The second kappa shape index (κ2) is 10.9. The van der Waals surface area contributed by atoms with Crippen molar-refractivity contribution < 1.29 is 20.1 Å². The van der Waals surface area contributed by atoms with Crippen LogP contribution in [0.4, 0.5) is 5.82 Å². The summed E-state index contributed by atoms with van der Waals surface area (Å²) in [4.78, 5) is 13.1. The molecule has 214 valence electrons. The third-order valence-electron chi connectivity index (χ3n) is 9.78. The van der Waals surface area contributed by atoms with Crippen LogP contribution in [0.15, 0.2) is 36.0 Å². The lowest BCUT2D eigenvalue weighted by molar-refractivity contribution is -0.0511.